The third kappa shape index (κ3) is 2.51. The lowest BCUT2D eigenvalue weighted by Gasteiger charge is -2.02. The van der Waals surface area contributed by atoms with E-state index in [1.807, 2.05) is 12.1 Å². The summed E-state index contributed by atoms with van der Waals surface area (Å²) in [5.41, 5.74) is 1.19. The summed E-state index contributed by atoms with van der Waals surface area (Å²) in [4.78, 5) is 4.05. The van der Waals surface area contributed by atoms with Gasteiger partial charge in [-0.3, -0.25) is 0 Å². The lowest BCUT2D eigenvalue weighted by molar-refractivity contribution is 0.196. The molecule has 12 heavy (non-hydrogen) atoms. The van der Waals surface area contributed by atoms with Crippen LogP contribution < -0.4 is 4.74 Å². The summed E-state index contributed by atoms with van der Waals surface area (Å²) < 4.78 is 5.09. The van der Waals surface area contributed by atoms with Gasteiger partial charge >= 0.3 is 0 Å². The first-order valence-electron chi connectivity index (χ1n) is 4.05. The van der Waals surface area contributed by atoms with Crippen molar-refractivity contribution in [1.29, 1.82) is 0 Å². The molecule has 0 aliphatic heterocycles. The fourth-order valence-electron chi connectivity index (χ4n) is 0.856. The van der Waals surface area contributed by atoms with Crippen LogP contribution in [-0.4, -0.2) is 23.3 Å². The van der Waals surface area contributed by atoms with Crippen molar-refractivity contribution in [2.24, 2.45) is 0 Å². The highest BCUT2D eigenvalue weighted by atomic mass is 16.5. The van der Waals surface area contributed by atoms with Crippen LogP contribution in [0.3, 0.4) is 0 Å². The molecule has 3 heteroatoms. The summed E-state index contributed by atoms with van der Waals surface area (Å²) in [7, 11) is 0. The fourth-order valence-corrected chi connectivity index (χ4v) is 0.856. The summed E-state index contributed by atoms with van der Waals surface area (Å²) in [6, 6.07) is 3.79. The Balaban J connectivity index is 2.53. The van der Waals surface area contributed by atoms with Gasteiger partial charge in [-0.25, -0.2) is 4.98 Å². The number of hydrogen-bond acceptors (Lipinski definition) is 3. The molecule has 0 amide bonds. The third-order valence-electron chi connectivity index (χ3n) is 1.55. The van der Waals surface area contributed by atoms with Gasteiger partial charge in [-0.1, -0.05) is 13.0 Å². The summed E-state index contributed by atoms with van der Waals surface area (Å²) in [6.45, 7) is 2.40. The molecule has 0 bridgehead atoms. The molecule has 0 aliphatic carbocycles. The number of ether oxygens (including phenoxy) is 1. The maximum absolute atomic E-state index is 8.48. The minimum absolute atomic E-state index is 0.0250. The van der Waals surface area contributed by atoms with Crippen LogP contribution in [0.15, 0.2) is 18.3 Å². The molecule has 1 aromatic heterocycles. The third-order valence-corrected chi connectivity index (χ3v) is 1.55. The first-order chi connectivity index (χ1) is 5.86. The molecule has 0 radical (unpaired) electrons. The van der Waals surface area contributed by atoms with E-state index in [0.29, 0.717) is 12.5 Å². The van der Waals surface area contributed by atoms with E-state index in [0.717, 1.165) is 6.42 Å². The van der Waals surface area contributed by atoms with E-state index in [1.54, 1.807) is 6.20 Å². The highest BCUT2D eigenvalue weighted by Gasteiger charge is 1.93. The van der Waals surface area contributed by atoms with Gasteiger partial charge in [0.05, 0.1) is 6.61 Å². The summed E-state index contributed by atoms with van der Waals surface area (Å²) in [6.07, 6.45) is 2.76. The van der Waals surface area contributed by atoms with Crippen LogP contribution in [0.1, 0.15) is 12.5 Å². The first kappa shape index (κ1) is 9.00. The Kier molecular flexibility index (Phi) is 3.54. The minimum Gasteiger partial charge on any atom is -0.475 e. The predicted octanol–water partition coefficient (Wildman–Crippen LogP) is 1.02. The second kappa shape index (κ2) is 4.72. The van der Waals surface area contributed by atoms with Crippen molar-refractivity contribution in [2.45, 2.75) is 13.3 Å². The van der Waals surface area contributed by atoms with Gasteiger partial charge in [-0.15, -0.1) is 0 Å². The van der Waals surface area contributed by atoms with E-state index in [2.05, 4.69) is 11.9 Å². The average Bonchev–Trinajstić information content (AvgIpc) is 2.15. The Morgan fingerprint density at radius 1 is 1.50 bits per heavy atom. The van der Waals surface area contributed by atoms with Crippen molar-refractivity contribution in [3.05, 3.63) is 23.9 Å². The molecule has 0 saturated carbocycles. The van der Waals surface area contributed by atoms with E-state index in [-0.39, 0.29) is 6.61 Å². The van der Waals surface area contributed by atoms with Crippen molar-refractivity contribution in [2.75, 3.05) is 13.2 Å². The molecule has 0 aliphatic rings. The van der Waals surface area contributed by atoms with E-state index < -0.39 is 0 Å². The average molecular weight is 167 g/mol. The van der Waals surface area contributed by atoms with Crippen molar-refractivity contribution in [1.82, 2.24) is 4.98 Å². The van der Waals surface area contributed by atoms with Gasteiger partial charge in [0.2, 0.25) is 5.88 Å². The summed E-state index contributed by atoms with van der Waals surface area (Å²) >= 11 is 0. The van der Waals surface area contributed by atoms with Gasteiger partial charge in [-0.2, -0.15) is 0 Å². The summed E-state index contributed by atoms with van der Waals surface area (Å²) in [5, 5.41) is 8.48. The molecule has 1 rings (SSSR count). The molecular formula is C9H13NO2. The highest BCUT2D eigenvalue weighted by Crippen LogP contribution is 2.07. The van der Waals surface area contributed by atoms with E-state index in [1.165, 1.54) is 5.56 Å². The zero-order valence-corrected chi connectivity index (χ0v) is 7.16. The number of pyridine rings is 1. The van der Waals surface area contributed by atoms with Crippen molar-refractivity contribution in [3.63, 3.8) is 0 Å². The molecule has 0 aromatic carbocycles. The lowest BCUT2D eigenvalue weighted by Crippen LogP contribution is -2.02. The Morgan fingerprint density at radius 2 is 2.33 bits per heavy atom. The van der Waals surface area contributed by atoms with E-state index in [4.69, 9.17) is 9.84 Å². The second-order valence-electron chi connectivity index (χ2n) is 2.43. The van der Waals surface area contributed by atoms with Crippen molar-refractivity contribution < 1.29 is 9.84 Å². The molecule has 0 unspecified atom stereocenters. The van der Waals surface area contributed by atoms with Crippen LogP contribution in [0.2, 0.25) is 0 Å². The molecule has 1 N–H and O–H groups in total. The van der Waals surface area contributed by atoms with Crippen LogP contribution in [-0.2, 0) is 6.42 Å². The maximum Gasteiger partial charge on any atom is 0.213 e. The van der Waals surface area contributed by atoms with Crippen LogP contribution in [0.25, 0.3) is 0 Å². The van der Waals surface area contributed by atoms with Crippen LogP contribution in [0, 0.1) is 0 Å². The number of nitrogens with zero attached hydrogens (tertiary/aromatic N) is 1. The van der Waals surface area contributed by atoms with E-state index in [9.17, 15) is 0 Å². The SMILES string of the molecule is CCc1ccc(OCCO)nc1. The van der Waals surface area contributed by atoms with E-state index >= 15 is 0 Å². The Hall–Kier alpha value is -1.09. The largest absolute Gasteiger partial charge is 0.475 e. The fraction of sp³-hybridized carbons (Fsp3) is 0.444. The maximum atomic E-state index is 8.48. The number of aromatic nitrogens is 1. The standard InChI is InChI=1S/C9H13NO2/c1-2-8-3-4-9(10-7-8)12-6-5-11/h3-4,7,11H,2,5-6H2,1H3. The minimum atomic E-state index is 0.0250. The monoisotopic (exact) mass is 167 g/mol. The van der Waals surface area contributed by atoms with Crippen LogP contribution in [0.5, 0.6) is 5.88 Å². The van der Waals surface area contributed by atoms with Crippen LogP contribution >= 0.6 is 0 Å². The molecule has 66 valence electrons. The quantitative estimate of drug-likeness (QED) is 0.727. The molecule has 0 fully saturated rings. The predicted molar refractivity (Wildman–Crippen MR) is 46.2 cm³/mol. The van der Waals surface area contributed by atoms with Crippen molar-refractivity contribution >= 4 is 0 Å². The van der Waals surface area contributed by atoms with Gasteiger partial charge in [-0.05, 0) is 12.0 Å². The number of aliphatic hydroxyl groups is 1. The van der Waals surface area contributed by atoms with Gasteiger partial charge in [0.15, 0.2) is 0 Å². The number of hydrogen-bond donors (Lipinski definition) is 1. The molecule has 0 saturated heterocycles. The Labute approximate surface area is 72.0 Å². The molecule has 0 atom stereocenters. The Bertz CT molecular complexity index is 220. The van der Waals surface area contributed by atoms with Crippen molar-refractivity contribution in [3.8, 4) is 5.88 Å². The normalized spacial score (nSPS) is 9.83. The molecule has 1 heterocycles. The first-order valence-corrected chi connectivity index (χ1v) is 4.05. The number of aliphatic hydroxyl groups excluding tert-OH is 1. The zero-order chi connectivity index (χ0) is 8.81. The molecule has 0 spiro atoms. The molecular weight excluding hydrogens is 154 g/mol. The smallest absolute Gasteiger partial charge is 0.213 e. The van der Waals surface area contributed by atoms with Gasteiger partial charge in [0.25, 0.3) is 0 Å². The van der Waals surface area contributed by atoms with Gasteiger partial charge in [0.1, 0.15) is 6.61 Å². The number of aryl methyl sites for hydroxylation is 1. The summed E-state index contributed by atoms with van der Waals surface area (Å²) in [5.74, 6) is 0.571. The zero-order valence-electron chi connectivity index (χ0n) is 7.16. The molecule has 1 aromatic rings. The highest BCUT2D eigenvalue weighted by molar-refractivity contribution is 5.17. The van der Waals surface area contributed by atoms with Crippen LogP contribution in [0.4, 0.5) is 0 Å². The lowest BCUT2D eigenvalue weighted by atomic mass is 10.2. The van der Waals surface area contributed by atoms with Gasteiger partial charge < -0.3 is 9.84 Å². The topological polar surface area (TPSA) is 42.4 Å². The molecule has 3 nitrogen and oxygen atoms in total. The van der Waals surface area contributed by atoms with Gasteiger partial charge in [0, 0.05) is 12.3 Å². The Morgan fingerprint density at radius 3 is 2.83 bits per heavy atom. The number of rotatable bonds is 4. The second-order valence-corrected chi connectivity index (χ2v) is 2.43.